The van der Waals surface area contributed by atoms with Crippen molar-refractivity contribution in [2.75, 3.05) is 33.5 Å². The summed E-state index contributed by atoms with van der Waals surface area (Å²) < 4.78 is 11.6. The Morgan fingerprint density at radius 3 is 2.92 bits per heavy atom. The lowest BCUT2D eigenvalue weighted by Crippen LogP contribution is -2.42. The number of benzene rings is 1. The van der Waals surface area contributed by atoms with E-state index in [2.05, 4.69) is 26.1 Å². The Balaban J connectivity index is 1.78. The van der Waals surface area contributed by atoms with Crippen molar-refractivity contribution >= 4 is 21.8 Å². The van der Waals surface area contributed by atoms with Gasteiger partial charge in [-0.25, -0.2) is 0 Å². The molecule has 0 radical (unpaired) electrons. The second-order valence-electron chi connectivity index (χ2n) is 5.68. The number of nitrogens with one attached hydrogen (secondary N) is 1. The van der Waals surface area contributed by atoms with Gasteiger partial charge in [0.25, 0.3) is 5.91 Å². The maximum absolute atomic E-state index is 12.9. The van der Waals surface area contributed by atoms with Gasteiger partial charge in [-0.1, -0.05) is 28.1 Å². The van der Waals surface area contributed by atoms with E-state index in [1.54, 1.807) is 13.2 Å². The lowest BCUT2D eigenvalue weighted by atomic mass is 10.1. The number of aromatic nitrogens is 2. The van der Waals surface area contributed by atoms with Crippen molar-refractivity contribution in [1.29, 1.82) is 0 Å². The second-order valence-corrected chi connectivity index (χ2v) is 6.60. The largest absolute Gasteiger partial charge is 0.383 e. The second kappa shape index (κ2) is 7.92. The number of H-pyrrole nitrogens is 1. The number of ether oxygens (including phenoxy) is 2. The molecule has 1 aliphatic heterocycles. The van der Waals surface area contributed by atoms with E-state index < -0.39 is 0 Å². The quantitative estimate of drug-likeness (QED) is 0.818. The summed E-state index contributed by atoms with van der Waals surface area (Å²) in [7, 11) is 1.63. The Morgan fingerprint density at radius 1 is 1.46 bits per heavy atom. The highest BCUT2D eigenvalue weighted by atomic mass is 79.9. The van der Waals surface area contributed by atoms with Crippen LogP contribution in [0.1, 0.15) is 16.9 Å². The molecule has 24 heavy (non-hydrogen) atoms. The van der Waals surface area contributed by atoms with Crippen LogP contribution in [0.15, 0.2) is 34.8 Å². The number of carbonyl (C=O) groups excluding carboxylic acids is 1. The average molecular weight is 394 g/mol. The molecule has 0 saturated carbocycles. The van der Waals surface area contributed by atoms with E-state index in [1.807, 2.05) is 29.2 Å². The fourth-order valence-electron chi connectivity index (χ4n) is 2.76. The maximum Gasteiger partial charge on any atom is 0.272 e. The van der Waals surface area contributed by atoms with Gasteiger partial charge >= 0.3 is 0 Å². The molecule has 1 N–H and O–H groups in total. The number of halogens is 1. The number of amides is 1. The zero-order valence-electron chi connectivity index (χ0n) is 13.5. The van der Waals surface area contributed by atoms with Crippen molar-refractivity contribution in [3.05, 3.63) is 40.5 Å². The van der Waals surface area contributed by atoms with Gasteiger partial charge in [-0.15, -0.1) is 0 Å². The first-order chi connectivity index (χ1) is 11.7. The zero-order chi connectivity index (χ0) is 16.9. The van der Waals surface area contributed by atoms with Crippen molar-refractivity contribution in [3.63, 3.8) is 0 Å². The van der Waals surface area contributed by atoms with Crippen LogP contribution < -0.4 is 0 Å². The number of methoxy groups -OCH3 is 1. The lowest BCUT2D eigenvalue weighted by molar-refractivity contribution is 0.0570. The molecule has 1 unspecified atom stereocenters. The first-order valence-electron chi connectivity index (χ1n) is 7.88. The summed E-state index contributed by atoms with van der Waals surface area (Å²) in [5, 5.41) is 7.14. The number of aromatic amines is 1. The summed E-state index contributed by atoms with van der Waals surface area (Å²) in [5.41, 5.74) is 2.19. The molecule has 128 valence electrons. The zero-order valence-corrected chi connectivity index (χ0v) is 15.1. The third kappa shape index (κ3) is 3.85. The first kappa shape index (κ1) is 17.1. The van der Waals surface area contributed by atoms with Gasteiger partial charge < -0.3 is 14.4 Å². The van der Waals surface area contributed by atoms with Gasteiger partial charge in [-0.2, -0.15) is 5.10 Å². The number of nitrogens with zero attached hydrogens (tertiary/aromatic N) is 2. The Hall–Kier alpha value is -1.70. The number of hydrogen-bond acceptors (Lipinski definition) is 4. The van der Waals surface area contributed by atoms with Crippen molar-refractivity contribution in [3.8, 4) is 11.3 Å². The summed E-state index contributed by atoms with van der Waals surface area (Å²) in [6.07, 6.45) is 0.850. The number of rotatable bonds is 6. The molecule has 2 aromatic rings. The minimum Gasteiger partial charge on any atom is -0.383 e. The Labute approximate surface area is 149 Å². The summed E-state index contributed by atoms with van der Waals surface area (Å²) >= 11 is 3.41. The van der Waals surface area contributed by atoms with Crippen LogP contribution in [0.25, 0.3) is 11.3 Å². The van der Waals surface area contributed by atoms with Crippen LogP contribution in [0.4, 0.5) is 0 Å². The normalized spacial score (nSPS) is 17.2. The molecule has 0 bridgehead atoms. The van der Waals surface area contributed by atoms with Gasteiger partial charge in [-0.3, -0.25) is 9.89 Å². The topological polar surface area (TPSA) is 67.5 Å². The average Bonchev–Trinajstić information content (AvgIpc) is 3.27. The molecule has 1 saturated heterocycles. The van der Waals surface area contributed by atoms with E-state index >= 15 is 0 Å². The van der Waals surface area contributed by atoms with Gasteiger partial charge in [-0.05, 0) is 24.6 Å². The van der Waals surface area contributed by atoms with Crippen LogP contribution >= 0.6 is 15.9 Å². The van der Waals surface area contributed by atoms with E-state index in [9.17, 15) is 4.79 Å². The van der Waals surface area contributed by atoms with Crippen LogP contribution in [0, 0.1) is 0 Å². The van der Waals surface area contributed by atoms with E-state index in [-0.39, 0.29) is 11.9 Å². The molecule has 0 aliphatic carbocycles. The third-order valence-corrected chi connectivity index (χ3v) is 4.62. The minimum atomic E-state index is -0.0709. The molecule has 1 atom stereocenters. The van der Waals surface area contributed by atoms with Gasteiger partial charge in [0.1, 0.15) is 5.69 Å². The standard InChI is InChI=1S/C17H20BrN3O3/c1-23-9-7-21(14-6-8-24-11-14)17(22)16-10-15(19-20-16)12-2-4-13(18)5-3-12/h2-5,10,14H,6-9,11H2,1H3,(H,19,20). The van der Waals surface area contributed by atoms with Gasteiger partial charge in [0.2, 0.25) is 0 Å². The van der Waals surface area contributed by atoms with E-state index in [4.69, 9.17) is 9.47 Å². The Kier molecular flexibility index (Phi) is 5.65. The van der Waals surface area contributed by atoms with E-state index in [0.717, 1.165) is 22.2 Å². The summed E-state index contributed by atoms with van der Waals surface area (Å²) in [6.45, 7) is 2.30. The summed E-state index contributed by atoms with van der Waals surface area (Å²) in [6, 6.07) is 9.70. The maximum atomic E-state index is 12.9. The van der Waals surface area contributed by atoms with E-state index in [1.165, 1.54) is 0 Å². The molecule has 3 rings (SSSR count). The molecule has 2 heterocycles. The molecular formula is C17H20BrN3O3. The molecule has 1 aromatic heterocycles. The minimum absolute atomic E-state index is 0.0709. The fraction of sp³-hybridized carbons (Fsp3) is 0.412. The molecule has 6 nitrogen and oxygen atoms in total. The summed E-state index contributed by atoms with van der Waals surface area (Å²) in [5.74, 6) is -0.0709. The Bertz CT molecular complexity index is 681. The fourth-order valence-corrected chi connectivity index (χ4v) is 3.03. The lowest BCUT2D eigenvalue weighted by Gasteiger charge is -2.27. The van der Waals surface area contributed by atoms with Crippen LogP contribution in [-0.2, 0) is 9.47 Å². The van der Waals surface area contributed by atoms with Crippen molar-refractivity contribution in [2.45, 2.75) is 12.5 Å². The highest BCUT2D eigenvalue weighted by Crippen LogP contribution is 2.22. The molecule has 7 heteroatoms. The van der Waals surface area contributed by atoms with Gasteiger partial charge in [0.05, 0.1) is 24.9 Å². The van der Waals surface area contributed by atoms with Gasteiger partial charge in [0.15, 0.2) is 0 Å². The predicted octanol–water partition coefficient (Wildman–Crippen LogP) is 2.72. The molecular weight excluding hydrogens is 374 g/mol. The number of hydrogen-bond donors (Lipinski definition) is 1. The highest BCUT2D eigenvalue weighted by molar-refractivity contribution is 9.10. The molecule has 1 aromatic carbocycles. The first-order valence-corrected chi connectivity index (χ1v) is 8.67. The highest BCUT2D eigenvalue weighted by Gasteiger charge is 2.28. The third-order valence-electron chi connectivity index (χ3n) is 4.09. The van der Waals surface area contributed by atoms with Crippen LogP contribution in [0.3, 0.4) is 0 Å². The smallest absolute Gasteiger partial charge is 0.272 e. The summed E-state index contributed by atoms with van der Waals surface area (Å²) in [4.78, 5) is 14.7. The van der Waals surface area contributed by atoms with Gasteiger partial charge in [0, 0.05) is 30.3 Å². The number of carbonyl (C=O) groups is 1. The van der Waals surface area contributed by atoms with Crippen molar-refractivity contribution in [1.82, 2.24) is 15.1 Å². The van der Waals surface area contributed by atoms with Crippen LogP contribution in [-0.4, -0.2) is 60.5 Å². The van der Waals surface area contributed by atoms with Crippen molar-refractivity contribution < 1.29 is 14.3 Å². The monoisotopic (exact) mass is 393 g/mol. The Morgan fingerprint density at radius 2 is 2.25 bits per heavy atom. The van der Waals surface area contributed by atoms with E-state index in [0.29, 0.717) is 32.1 Å². The molecule has 1 fully saturated rings. The van der Waals surface area contributed by atoms with Crippen LogP contribution in [0.2, 0.25) is 0 Å². The molecule has 1 aliphatic rings. The SMILES string of the molecule is COCCN(C(=O)c1cc(-c2ccc(Br)cc2)n[nH]1)C1CCOC1. The molecule has 0 spiro atoms. The van der Waals surface area contributed by atoms with Crippen molar-refractivity contribution in [2.24, 2.45) is 0 Å². The molecule has 1 amide bonds. The van der Waals surface area contributed by atoms with Crippen LogP contribution in [0.5, 0.6) is 0 Å². The predicted molar refractivity (Wildman–Crippen MR) is 93.9 cm³/mol.